The summed E-state index contributed by atoms with van der Waals surface area (Å²) in [5.41, 5.74) is 3.11. The van der Waals surface area contributed by atoms with Gasteiger partial charge in [0.1, 0.15) is 11.6 Å². The number of nitrogens with one attached hydrogen (secondary N) is 1. The van der Waals surface area contributed by atoms with Gasteiger partial charge in [0.2, 0.25) is 0 Å². The molecule has 0 saturated heterocycles. The lowest BCUT2D eigenvalue weighted by molar-refractivity contribution is -0.112. The van der Waals surface area contributed by atoms with Crippen LogP contribution in [0, 0.1) is 18.3 Å². The minimum absolute atomic E-state index is 0.00461. The molecule has 0 aliphatic carbocycles. The number of rotatable bonds is 7. The van der Waals surface area contributed by atoms with E-state index in [1.54, 1.807) is 32.4 Å². The van der Waals surface area contributed by atoms with Crippen molar-refractivity contribution in [3.8, 4) is 17.6 Å². The summed E-state index contributed by atoms with van der Waals surface area (Å²) >= 11 is 0. The highest BCUT2D eigenvalue weighted by atomic mass is 16.5. The summed E-state index contributed by atoms with van der Waals surface area (Å²) in [7, 11) is 3.11. The van der Waals surface area contributed by atoms with Gasteiger partial charge >= 0.3 is 0 Å². The number of hydrogen-bond donors (Lipinski definition) is 1. The van der Waals surface area contributed by atoms with Crippen LogP contribution in [0.2, 0.25) is 0 Å². The second kappa shape index (κ2) is 9.25. The lowest BCUT2D eigenvalue weighted by Gasteiger charge is -2.13. The molecule has 2 aromatic rings. The number of nitriles is 1. The van der Waals surface area contributed by atoms with Crippen LogP contribution >= 0.6 is 0 Å². The number of methoxy groups -OCH3 is 2. The van der Waals surface area contributed by atoms with Crippen molar-refractivity contribution in [3.05, 3.63) is 71.3 Å². The van der Waals surface area contributed by atoms with Crippen LogP contribution in [0.1, 0.15) is 16.7 Å². The standard InChI is InChI=1S/C22H22N2O3/c1-5-8-17-11-16(13-20(26-3)21(17)27-4)12-18(14-23)22(25)24-19-10-7-6-9-15(19)2/h5-7,9-13H,1,8H2,2-4H3,(H,24,25)/b18-12+. The summed E-state index contributed by atoms with van der Waals surface area (Å²) in [5, 5.41) is 12.2. The molecule has 0 aliphatic heterocycles. The van der Waals surface area contributed by atoms with E-state index in [1.807, 2.05) is 37.3 Å². The third-order valence-corrected chi connectivity index (χ3v) is 4.01. The summed E-state index contributed by atoms with van der Waals surface area (Å²) in [6, 6.07) is 12.9. The van der Waals surface area contributed by atoms with E-state index in [1.165, 1.54) is 6.08 Å². The van der Waals surface area contributed by atoms with Crippen molar-refractivity contribution in [1.82, 2.24) is 0 Å². The Hall–Kier alpha value is -3.52. The van der Waals surface area contributed by atoms with Crippen molar-refractivity contribution in [3.63, 3.8) is 0 Å². The normalized spacial score (nSPS) is 10.7. The second-order valence-corrected chi connectivity index (χ2v) is 5.85. The lowest BCUT2D eigenvalue weighted by Crippen LogP contribution is -2.14. The molecule has 2 rings (SSSR count). The van der Waals surface area contributed by atoms with Crippen molar-refractivity contribution in [1.29, 1.82) is 5.26 Å². The van der Waals surface area contributed by atoms with Crippen molar-refractivity contribution >= 4 is 17.7 Å². The zero-order valence-corrected chi connectivity index (χ0v) is 15.7. The Labute approximate surface area is 159 Å². The van der Waals surface area contributed by atoms with Gasteiger partial charge in [0.05, 0.1) is 14.2 Å². The maximum absolute atomic E-state index is 12.5. The summed E-state index contributed by atoms with van der Waals surface area (Å²) in [6.07, 6.45) is 3.85. The molecule has 0 saturated carbocycles. The van der Waals surface area contributed by atoms with Gasteiger partial charge in [-0.15, -0.1) is 6.58 Å². The number of hydrogen-bond acceptors (Lipinski definition) is 4. The SMILES string of the molecule is C=CCc1cc(/C=C(\C#N)C(=O)Nc2ccccc2C)cc(OC)c1OC. The first-order valence-electron chi connectivity index (χ1n) is 8.38. The molecule has 0 spiro atoms. The fourth-order valence-electron chi connectivity index (χ4n) is 2.68. The third kappa shape index (κ3) is 4.77. The minimum Gasteiger partial charge on any atom is -0.493 e. The highest BCUT2D eigenvalue weighted by molar-refractivity contribution is 6.10. The van der Waals surface area contributed by atoms with Crippen LogP contribution in [-0.4, -0.2) is 20.1 Å². The summed E-state index contributed by atoms with van der Waals surface area (Å²) in [4.78, 5) is 12.5. The molecule has 138 valence electrons. The summed E-state index contributed by atoms with van der Waals surface area (Å²) in [6.45, 7) is 5.64. The number of amides is 1. The van der Waals surface area contributed by atoms with Crippen molar-refractivity contribution < 1.29 is 14.3 Å². The van der Waals surface area contributed by atoms with E-state index in [2.05, 4.69) is 11.9 Å². The Morgan fingerprint density at radius 2 is 2.00 bits per heavy atom. The number of aryl methyl sites for hydroxylation is 1. The van der Waals surface area contributed by atoms with Gasteiger partial charge < -0.3 is 14.8 Å². The Balaban J connectivity index is 2.40. The van der Waals surface area contributed by atoms with Crippen LogP contribution < -0.4 is 14.8 Å². The van der Waals surface area contributed by atoms with Crippen LogP contribution in [0.4, 0.5) is 5.69 Å². The minimum atomic E-state index is -0.466. The van der Waals surface area contributed by atoms with Gasteiger partial charge in [-0.2, -0.15) is 5.26 Å². The fourth-order valence-corrected chi connectivity index (χ4v) is 2.68. The monoisotopic (exact) mass is 362 g/mol. The van der Waals surface area contributed by atoms with Gasteiger partial charge in [-0.3, -0.25) is 4.79 Å². The molecule has 0 unspecified atom stereocenters. The van der Waals surface area contributed by atoms with Crippen LogP contribution in [0.25, 0.3) is 6.08 Å². The number of para-hydroxylation sites is 1. The first kappa shape index (κ1) is 19.8. The largest absolute Gasteiger partial charge is 0.493 e. The first-order chi connectivity index (χ1) is 13.0. The maximum atomic E-state index is 12.5. The molecule has 5 heteroatoms. The zero-order chi connectivity index (χ0) is 19.8. The molecule has 0 aliphatic rings. The van der Waals surface area contributed by atoms with Crippen LogP contribution in [0.15, 0.2) is 54.6 Å². The number of nitrogens with zero attached hydrogens (tertiary/aromatic N) is 1. The number of benzene rings is 2. The molecular formula is C22H22N2O3. The molecule has 27 heavy (non-hydrogen) atoms. The van der Waals surface area contributed by atoms with Gasteiger partial charge in [0, 0.05) is 11.3 Å². The highest BCUT2D eigenvalue weighted by Crippen LogP contribution is 2.34. The van der Waals surface area contributed by atoms with Crippen molar-refractivity contribution in [2.45, 2.75) is 13.3 Å². The smallest absolute Gasteiger partial charge is 0.266 e. The van der Waals surface area contributed by atoms with Gasteiger partial charge in [0.15, 0.2) is 11.5 Å². The number of anilines is 1. The Bertz CT molecular complexity index is 924. The lowest BCUT2D eigenvalue weighted by atomic mass is 10.0. The third-order valence-electron chi connectivity index (χ3n) is 4.01. The number of allylic oxidation sites excluding steroid dienone is 1. The molecule has 0 atom stereocenters. The van der Waals surface area contributed by atoms with E-state index in [9.17, 15) is 10.1 Å². The fraction of sp³-hybridized carbons (Fsp3) is 0.182. The Morgan fingerprint density at radius 1 is 1.26 bits per heavy atom. The van der Waals surface area contributed by atoms with Crippen LogP contribution in [-0.2, 0) is 11.2 Å². The van der Waals surface area contributed by atoms with E-state index in [-0.39, 0.29) is 5.57 Å². The maximum Gasteiger partial charge on any atom is 0.266 e. The zero-order valence-electron chi connectivity index (χ0n) is 15.7. The van der Waals surface area contributed by atoms with E-state index in [4.69, 9.17) is 9.47 Å². The molecule has 0 radical (unpaired) electrons. The van der Waals surface area contributed by atoms with Crippen LogP contribution in [0.5, 0.6) is 11.5 Å². The van der Waals surface area contributed by atoms with E-state index < -0.39 is 5.91 Å². The summed E-state index contributed by atoms with van der Waals surface area (Å²) < 4.78 is 10.8. The van der Waals surface area contributed by atoms with Gasteiger partial charge in [-0.25, -0.2) is 0 Å². The topological polar surface area (TPSA) is 71.4 Å². The van der Waals surface area contributed by atoms with Gasteiger partial charge in [-0.05, 0) is 48.7 Å². The Kier molecular flexibility index (Phi) is 6.79. The first-order valence-corrected chi connectivity index (χ1v) is 8.38. The van der Waals surface area contributed by atoms with Gasteiger partial charge in [0.25, 0.3) is 5.91 Å². The van der Waals surface area contributed by atoms with Crippen molar-refractivity contribution in [2.24, 2.45) is 0 Å². The molecule has 0 bridgehead atoms. The second-order valence-electron chi connectivity index (χ2n) is 5.85. The molecule has 0 aromatic heterocycles. The molecule has 1 N–H and O–H groups in total. The highest BCUT2D eigenvalue weighted by Gasteiger charge is 2.14. The average molecular weight is 362 g/mol. The molecule has 5 nitrogen and oxygen atoms in total. The van der Waals surface area contributed by atoms with E-state index >= 15 is 0 Å². The molecule has 1 amide bonds. The number of ether oxygens (including phenoxy) is 2. The van der Waals surface area contributed by atoms with Crippen LogP contribution in [0.3, 0.4) is 0 Å². The Morgan fingerprint density at radius 3 is 2.59 bits per heavy atom. The average Bonchev–Trinajstić information content (AvgIpc) is 2.67. The quantitative estimate of drug-likeness (QED) is 0.453. The molecule has 0 fully saturated rings. The van der Waals surface area contributed by atoms with E-state index in [0.29, 0.717) is 29.2 Å². The summed E-state index contributed by atoms with van der Waals surface area (Å²) in [5.74, 6) is 0.670. The van der Waals surface area contributed by atoms with E-state index in [0.717, 1.165) is 11.1 Å². The molecule has 0 heterocycles. The predicted molar refractivity (Wildman–Crippen MR) is 107 cm³/mol. The molecule has 2 aromatic carbocycles. The molecular weight excluding hydrogens is 340 g/mol. The predicted octanol–water partition coefficient (Wildman–Crippen LogP) is 4.29. The number of carbonyl (C=O) groups excluding carboxylic acids is 1. The van der Waals surface area contributed by atoms with Gasteiger partial charge in [-0.1, -0.05) is 24.3 Å². The van der Waals surface area contributed by atoms with Crippen molar-refractivity contribution in [2.75, 3.05) is 19.5 Å². The number of carbonyl (C=O) groups is 1.